The van der Waals surface area contributed by atoms with Gasteiger partial charge in [-0.25, -0.2) is 4.39 Å². The Bertz CT molecular complexity index is 624. The van der Waals surface area contributed by atoms with Crippen LogP contribution in [0, 0.1) is 5.82 Å². The quantitative estimate of drug-likeness (QED) is 0.854. The van der Waals surface area contributed by atoms with E-state index in [1.807, 2.05) is 0 Å². The smallest absolute Gasteiger partial charge is 0.230 e. The van der Waals surface area contributed by atoms with Crippen LogP contribution in [-0.2, 0) is 11.2 Å². The predicted octanol–water partition coefficient (Wildman–Crippen LogP) is 3.29. The Balaban J connectivity index is 2.06. The Morgan fingerprint density at radius 1 is 1.30 bits per heavy atom. The average Bonchev–Trinajstić information content (AvgIpc) is 2.38. The summed E-state index contributed by atoms with van der Waals surface area (Å²) in [6.07, 6.45) is 1.53. The van der Waals surface area contributed by atoms with E-state index in [0.29, 0.717) is 17.1 Å². The summed E-state index contributed by atoms with van der Waals surface area (Å²) in [6.45, 7) is 0. The molecular weight excluding hydrogens is 304 g/mol. The van der Waals surface area contributed by atoms with Crippen LogP contribution in [0.4, 0.5) is 15.8 Å². The van der Waals surface area contributed by atoms with Crippen LogP contribution in [0.15, 0.2) is 30.5 Å². The number of aromatic nitrogens is 1. The molecule has 0 saturated carbocycles. The van der Waals surface area contributed by atoms with Gasteiger partial charge < -0.3 is 11.1 Å². The molecule has 0 unspecified atom stereocenters. The van der Waals surface area contributed by atoms with Crippen LogP contribution in [0.3, 0.4) is 0 Å². The summed E-state index contributed by atoms with van der Waals surface area (Å²) in [5, 5.41) is 2.26. The van der Waals surface area contributed by atoms with E-state index in [9.17, 15) is 9.18 Å². The van der Waals surface area contributed by atoms with Gasteiger partial charge in [0.25, 0.3) is 0 Å². The zero-order valence-electron chi connectivity index (χ0n) is 10.2. The number of carbonyl (C=O) groups is 1. The summed E-state index contributed by atoms with van der Waals surface area (Å²) >= 11 is 11.3. The molecule has 1 amide bonds. The molecule has 0 aliphatic heterocycles. The molecule has 3 N–H and O–H groups in total. The number of nitrogens with zero attached hydrogens (tertiary/aromatic N) is 1. The fraction of sp³-hybridized carbons (Fsp3) is 0.0769. The highest BCUT2D eigenvalue weighted by molar-refractivity contribution is 6.35. The molecule has 0 aliphatic rings. The first-order valence-corrected chi connectivity index (χ1v) is 6.36. The van der Waals surface area contributed by atoms with Gasteiger partial charge in [-0.05, 0) is 24.3 Å². The van der Waals surface area contributed by atoms with Crippen molar-refractivity contribution in [2.75, 3.05) is 11.1 Å². The Labute approximate surface area is 124 Å². The third-order valence-corrected chi connectivity index (χ3v) is 3.01. The van der Waals surface area contributed by atoms with Crippen molar-refractivity contribution in [3.63, 3.8) is 0 Å². The summed E-state index contributed by atoms with van der Waals surface area (Å²) in [5.41, 5.74) is 6.91. The van der Waals surface area contributed by atoms with Crippen molar-refractivity contribution in [2.45, 2.75) is 6.42 Å². The topological polar surface area (TPSA) is 68.0 Å². The van der Waals surface area contributed by atoms with E-state index in [-0.39, 0.29) is 22.4 Å². The van der Waals surface area contributed by atoms with Crippen molar-refractivity contribution in [3.8, 4) is 0 Å². The molecule has 0 saturated heterocycles. The lowest BCUT2D eigenvalue weighted by Gasteiger charge is -2.07. The molecule has 0 bridgehead atoms. The second kappa shape index (κ2) is 6.07. The van der Waals surface area contributed by atoms with Crippen molar-refractivity contribution < 1.29 is 9.18 Å². The van der Waals surface area contributed by atoms with Gasteiger partial charge in [-0.3, -0.25) is 9.78 Å². The molecule has 4 nitrogen and oxygen atoms in total. The maximum Gasteiger partial charge on any atom is 0.230 e. The molecule has 0 atom stereocenters. The van der Waals surface area contributed by atoms with E-state index < -0.39 is 5.82 Å². The molecular formula is C13H10Cl2FN3O. The molecule has 0 spiro atoms. The first-order chi connectivity index (χ1) is 9.45. The lowest BCUT2D eigenvalue weighted by Crippen LogP contribution is -2.15. The lowest BCUT2D eigenvalue weighted by atomic mass is 10.2. The zero-order chi connectivity index (χ0) is 14.7. The number of hydrogen-bond acceptors (Lipinski definition) is 3. The Morgan fingerprint density at radius 2 is 1.95 bits per heavy atom. The van der Waals surface area contributed by atoms with Crippen molar-refractivity contribution in [3.05, 3.63) is 52.0 Å². The normalized spacial score (nSPS) is 10.3. The van der Waals surface area contributed by atoms with E-state index in [1.165, 1.54) is 18.3 Å². The Morgan fingerprint density at radius 3 is 2.50 bits per heavy atom. The molecule has 7 heteroatoms. The standard InChI is InChI=1S/C13H10Cl2FN3O/c14-10-3-9(4-11(15)13(10)16)19-12(20)5-8-2-1-7(17)6-18-8/h1-4,6H,5,17H2,(H,19,20). The minimum absolute atomic E-state index is 0.0624. The Kier molecular flexibility index (Phi) is 4.42. The second-order valence-electron chi connectivity index (χ2n) is 4.06. The highest BCUT2D eigenvalue weighted by atomic mass is 35.5. The van der Waals surface area contributed by atoms with E-state index in [4.69, 9.17) is 28.9 Å². The number of nitrogens with two attached hydrogens (primary N) is 1. The van der Waals surface area contributed by atoms with E-state index in [0.717, 1.165) is 0 Å². The maximum atomic E-state index is 13.2. The average molecular weight is 314 g/mol. The molecule has 2 aromatic rings. The second-order valence-corrected chi connectivity index (χ2v) is 4.88. The predicted molar refractivity (Wildman–Crippen MR) is 77.4 cm³/mol. The number of carbonyl (C=O) groups excluding carboxylic acids is 1. The molecule has 0 radical (unpaired) electrons. The number of anilines is 2. The molecule has 20 heavy (non-hydrogen) atoms. The highest BCUT2D eigenvalue weighted by Crippen LogP contribution is 2.27. The molecule has 2 rings (SSSR count). The van der Waals surface area contributed by atoms with Gasteiger partial charge in [0, 0.05) is 11.4 Å². The van der Waals surface area contributed by atoms with Gasteiger partial charge in [0.2, 0.25) is 5.91 Å². The van der Waals surface area contributed by atoms with Crippen LogP contribution in [0.25, 0.3) is 0 Å². The van der Waals surface area contributed by atoms with E-state index >= 15 is 0 Å². The number of benzene rings is 1. The summed E-state index contributed by atoms with van der Waals surface area (Å²) in [5.74, 6) is -1.03. The number of pyridine rings is 1. The Hall–Kier alpha value is -1.85. The van der Waals surface area contributed by atoms with E-state index in [2.05, 4.69) is 10.3 Å². The SMILES string of the molecule is Nc1ccc(CC(=O)Nc2cc(Cl)c(F)c(Cl)c2)nc1. The minimum Gasteiger partial charge on any atom is -0.397 e. The number of nitrogens with one attached hydrogen (secondary N) is 1. The van der Waals surface area contributed by atoms with Gasteiger partial charge in [0.15, 0.2) is 5.82 Å². The fourth-order valence-electron chi connectivity index (χ4n) is 1.54. The third kappa shape index (κ3) is 3.59. The summed E-state index contributed by atoms with van der Waals surface area (Å²) < 4.78 is 13.2. The molecule has 1 heterocycles. The number of amides is 1. The highest BCUT2D eigenvalue weighted by Gasteiger charge is 2.10. The molecule has 0 fully saturated rings. The first-order valence-electron chi connectivity index (χ1n) is 5.60. The van der Waals surface area contributed by atoms with Crippen LogP contribution in [0.5, 0.6) is 0 Å². The van der Waals surface area contributed by atoms with Crippen molar-refractivity contribution in [2.24, 2.45) is 0 Å². The largest absolute Gasteiger partial charge is 0.397 e. The van der Waals surface area contributed by atoms with Gasteiger partial charge in [-0.15, -0.1) is 0 Å². The van der Waals surface area contributed by atoms with E-state index in [1.54, 1.807) is 12.1 Å². The van der Waals surface area contributed by atoms with Crippen LogP contribution < -0.4 is 11.1 Å². The van der Waals surface area contributed by atoms with Crippen LogP contribution in [0.2, 0.25) is 10.0 Å². The molecule has 1 aromatic carbocycles. The summed E-state index contributed by atoms with van der Waals surface area (Å²) in [7, 11) is 0. The molecule has 104 valence electrons. The van der Waals surface area contributed by atoms with Crippen molar-refractivity contribution in [1.82, 2.24) is 4.98 Å². The molecule has 1 aromatic heterocycles. The summed E-state index contributed by atoms with van der Waals surface area (Å²) in [6, 6.07) is 5.88. The van der Waals surface area contributed by atoms with Gasteiger partial charge in [-0.2, -0.15) is 0 Å². The minimum atomic E-state index is -0.716. The summed E-state index contributed by atoms with van der Waals surface area (Å²) in [4.78, 5) is 15.8. The van der Waals surface area contributed by atoms with Crippen LogP contribution in [-0.4, -0.2) is 10.9 Å². The van der Waals surface area contributed by atoms with Gasteiger partial charge >= 0.3 is 0 Å². The monoisotopic (exact) mass is 313 g/mol. The third-order valence-electron chi connectivity index (χ3n) is 2.46. The van der Waals surface area contributed by atoms with Gasteiger partial charge in [-0.1, -0.05) is 23.2 Å². The number of nitrogen functional groups attached to an aromatic ring is 1. The maximum absolute atomic E-state index is 13.2. The van der Waals surface area contributed by atoms with Crippen molar-refractivity contribution in [1.29, 1.82) is 0 Å². The first kappa shape index (κ1) is 14.6. The van der Waals surface area contributed by atoms with Gasteiger partial charge in [0.05, 0.1) is 28.4 Å². The number of rotatable bonds is 3. The van der Waals surface area contributed by atoms with Crippen LogP contribution in [0.1, 0.15) is 5.69 Å². The number of hydrogen-bond donors (Lipinski definition) is 2. The molecule has 0 aliphatic carbocycles. The van der Waals surface area contributed by atoms with Crippen LogP contribution >= 0.6 is 23.2 Å². The lowest BCUT2D eigenvalue weighted by molar-refractivity contribution is -0.115. The van der Waals surface area contributed by atoms with Crippen molar-refractivity contribution >= 4 is 40.5 Å². The fourth-order valence-corrected chi connectivity index (χ4v) is 2.02. The van der Waals surface area contributed by atoms with Gasteiger partial charge in [0.1, 0.15) is 0 Å². The number of halogens is 3. The zero-order valence-corrected chi connectivity index (χ0v) is 11.7.